The maximum Gasteiger partial charge on any atom is 0.239 e. The summed E-state index contributed by atoms with van der Waals surface area (Å²) in [6.07, 6.45) is 0. The maximum atomic E-state index is 12.7. The Kier molecular flexibility index (Phi) is 7.87. The molecular formula is C19H31BrN4O. The van der Waals surface area contributed by atoms with Crippen LogP contribution in [-0.2, 0) is 4.79 Å². The van der Waals surface area contributed by atoms with Crippen molar-refractivity contribution in [3.05, 3.63) is 35.9 Å². The van der Waals surface area contributed by atoms with E-state index in [0.29, 0.717) is 12.5 Å². The molecule has 1 saturated heterocycles. The number of alkyl halides is 1. The molecular weight excluding hydrogens is 380 g/mol. The largest absolute Gasteiger partial charge is 0.353 e. The lowest BCUT2D eigenvalue weighted by Crippen LogP contribution is -2.48. The maximum absolute atomic E-state index is 12.7. The molecule has 6 heteroatoms. The van der Waals surface area contributed by atoms with Gasteiger partial charge in [0.15, 0.2) is 0 Å². The Morgan fingerprint density at radius 3 is 2.36 bits per heavy atom. The van der Waals surface area contributed by atoms with Crippen LogP contribution in [0.1, 0.15) is 39.3 Å². The summed E-state index contributed by atoms with van der Waals surface area (Å²) >= 11 is 3.68. The summed E-state index contributed by atoms with van der Waals surface area (Å²) in [6, 6.07) is 10.6. The quantitative estimate of drug-likeness (QED) is 0.576. The van der Waals surface area contributed by atoms with Crippen molar-refractivity contribution in [3.8, 4) is 0 Å². The second-order valence-electron chi connectivity index (χ2n) is 6.87. The number of halogens is 1. The number of nitrogens with one attached hydrogen (secondary N) is 3. The molecule has 1 fully saturated rings. The Labute approximate surface area is 160 Å². The van der Waals surface area contributed by atoms with Crippen molar-refractivity contribution in [2.24, 2.45) is 5.92 Å². The van der Waals surface area contributed by atoms with Gasteiger partial charge in [-0.1, -0.05) is 74.0 Å². The smallest absolute Gasteiger partial charge is 0.239 e. The van der Waals surface area contributed by atoms with Gasteiger partial charge in [-0.25, -0.2) is 5.43 Å². The number of carbonyl (C=O) groups excluding carboxylic acids is 1. The van der Waals surface area contributed by atoms with Gasteiger partial charge in [0.2, 0.25) is 5.91 Å². The highest BCUT2D eigenvalue weighted by molar-refractivity contribution is 9.09. The number of amides is 1. The van der Waals surface area contributed by atoms with E-state index < -0.39 is 0 Å². The highest BCUT2D eigenvalue weighted by atomic mass is 79.9. The van der Waals surface area contributed by atoms with Crippen molar-refractivity contribution in [1.29, 1.82) is 0 Å². The Morgan fingerprint density at radius 1 is 1.20 bits per heavy atom. The molecule has 1 aliphatic rings. The highest BCUT2D eigenvalue weighted by Gasteiger charge is 2.39. The Bertz CT molecular complexity index is 535. The molecule has 1 heterocycles. The van der Waals surface area contributed by atoms with Crippen LogP contribution in [-0.4, -0.2) is 47.4 Å². The average Bonchev–Trinajstić information content (AvgIpc) is 3.01. The zero-order valence-corrected chi connectivity index (χ0v) is 17.2. The number of likely N-dealkylation sites (N-methyl/N-ethyl adjacent to an activating group) is 1. The lowest BCUT2D eigenvalue weighted by atomic mass is 9.99. The van der Waals surface area contributed by atoms with E-state index >= 15 is 0 Å². The molecule has 1 amide bonds. The fourth-order valence-electron chi connectivity index (χ4n) is 3.40. The molecule has 0 aliphatic carbocycles. The molecule has 1 aromatic rings. The number of carbonyl (C=O) groups is 1. The SMILES string of the molecule is CCN(CC)C(CNC(=O)C1NNC(C(C)C)C1Br)c1ccccc1. The van der Waals surface area contributed by atoms with Crippen molar-refractivity contribution < 1.29 is 4.79 Å². The predicted octanol–water partition coefficient (Wildman–Crippen LogP) is 2.45. The normalized spacial score (nSPS) is 24.7. The molecule has 25 heavy (non-hydrogen) atoms. The summed E-state index contributed by atoms with van der Waals surface area (Å²) in [4.78, 5) is 15.2. The third-order valence-electron chi connectivity index (χ3n) is 4.97. The molecule has 1 aliphatic heterocycles. The van der Waals surface area contributed by atoms with Gasteiger partial charge in [-0.2, -0.15) is 0 Å². The number of hydrogen-bond acceptors (Lipinski definition) is 4. The van der Waals surface area contributed by atoms with Crippen molar-refractivity contribution in [2.75, 3.05) is 19.6 Å². The van der Waals surface area contributed by atoms with Crippen LogP contribution in [0, 0.1) is 5.92 Å². The van der Waals surface area contributed by atoms with Gasteiger partial charge in [0.05, 0.1) is 10.9 Å². The molecule has 3 N–H and O–H groups in total. The minimum Gasteiger partial charge on any atom is -0.353 e. The lowest BCUT2D eigenvalue weighted by Gasteiger charge is -2.30. The highest BCUT2D eigenvalue weighted by Crippen LogP contribution is 2.23. The molecule has 0 aromatic heterocycles. The van der Waals surface area contributed by atoms with E-state index in [1.807, 2.05) is 6.07 Å². The fourth-order valence-corrected chi connectivity index (χ4v) is 4.52. The van der Waals surface area contributed by atoms with Gasteiger partial charge in [0, 0.05) is 12.6 Å². The minimum atomic E-state index is -0.263. The Balaban J connectivity index is 2.02. The first-order valence-electron chi connectivity index (χ1n) is 9.21. The first kappa shape index (κ1) is 20.4. The molecule has 4 atom stereocenters. The van der Waals surface area contributed by atoms with Gasteiger partial charge in [0.25, 0.3) is 0 Å². The van der Waals surface area contributed by atoms with Crippen LogP contribution in [0.3, 0.4) is 0 Å². The zero-order valence-electron chi connectivity index (χ0n) is 15.6. The summed E-state index contributed by atoms with van der Waals surface area (Å²) in [7, 11) is 0. The van der Waals surface area contributed by atoms with Crippen LogP contribution < -0.4 is 16.2 Å². The minimum absolute atomic E-state index is 0.0330. The third-order valence-corrected chi connectivity index (χ3v) is 6.07. The molecule has 140 valence electrons. The van der Waals surface area contributed by atoms with Gasteiger partial charge in [-0.15, -0.1) is 0 Å². The van der Waals surface area contributed by atoms with Gasteiger partial charge in [-0.05, 0) is 24.6 Å². The first-order chi connectivity index (χ1) is 12.0. The van der Waals surface area contributed by atoms with Crippen molar-refractivity contribution >= 4 is 21.8 Å². The van der Waals surface area contributed by atoms with Crippen LogP contribution in [0.2, 0.25) is 0 Å². The number of hydrazine groups is 1. The number of hydrogen-bond donors (Lipinski definition) is 3. The van der Waals surface area contributed by atoms with E-state index in [9.17, 15) is 4.79 Å². The number of benzene rings is 1. The van der Waals surface area contributed by atoms with E-state index in [1.165, 1.54) is 5.56 Å². The predicted molar refractivity (Wildman–Crippen MR) is 107 cm³/mol. The topological polar surface area (TPSA) is 56.4 Å². The standard InChI is InChI=1S/C19H31BrN4O/c1-5-24(6-2)15(14-10-8-7-9-11-14)12-21-19(25)18-16(20)17(13(3)4)22-23-18/h7-11,13,15-18,22-23H,5-6,12H2,1-4H3,(H,21,25). The molecule has 0 radical (unpaired) electrons. The first-order valence-corrected chi connectivity index (χ1v) is 10.1. The van der Waals surface area contributed by atoms with E-state index in [-0.39, 0.29) is 28.9 Å². The van der Waals surface area contributed by atoms with Gasteiger partial charge in [0.1, 0.15) is 6.04 Å². The summed E-state index contributed by atoms with van der Waals surface area (Å²) in [5.41, 5.74) is 7.60. The van der Waals surface area contributed by atoms with Crippen LogP contribution in [0.5, 0.6) is 0 Å². The molecule has 4 unspecified atom stereocenters. The van der Waals surface area contributed by atoms with Crippen molar-refractivity contribution in [3.63, 3.8) is 0 Å². The molecule has 5 nitrogen and oxygen atoms in total. The van der Waals surface area contributed by atoms with Crippen molar-refractivity contribution in [1.82, 2.24) is 21.1 Å². The number of rotatable bonds is 8. The Morgan fingerprint density at radius 2 is 1.84 bits per heavy atom. The summed E-state index contributed by atoms with van der Waals surface area (Å²) < 4.78 is 0. The third kappa shape index (κ3) is 5.03. The second-order valence-corrected chi connectivity index (χ2v) is 7.93. The molecule has 0 spiro atoms. The van der Waals surface area contributed by atoms with E-state index in [1.54, 1.807) is 0 Å². The molecule has 2 rings (SSSR count). The average molecular weight is 411 g/mol. The van der Waals surface area contributed by atoms with Crippen LogP contribution in [0.4, 0.5) is 0 Å². The molecule has 0 bridgehead atoms. The summed E-state index contributed by atoms with van der Waals surface area (Å²) in [6.45, 7) is 11.1. The van der Waals surface area contributed by atoms with Crippen molar-refractivity contribution in [2.45, 2.75) is 50.6 Å². The summed E-state index contributed by atoms with van der Waals surface area (Å²) in [5.74, 6) is 0.480. The summed E-state index contributed by atoms with van der Waals surface area (Å²) in [5, 5.41) is 3.15. The Hall–Kier alpha value is -0.950. The van der Waals surface area contributed by atoms with Crippen LogP contribution in [0.15, 0.2) is 30.3 Å². The second kappa shape index (κ2) is 9.67. The monoisotopic (exact) mass is 410 g/mol. The van der Waals surface area contributed by atoms with E-state index in [0.717, 1.165) is 13.1 Å². The fraction of sp³-hybridized carbons (Fsp3) is 0.632. The lowest BCUT2D eigenvalue weighted by molar-refractivity contribution is -0.123. The van der Waals surface area contributed by atoms with Gasteiger partial charge < -0.3 is 5.32 Å². The van der Waals surface area contributed by atoms with Gasteiger partial charge >= 0.3 is 0 Å². The molecule has 0 saturated carbocycles. The van der Waals surface area contributed by atoms with Crippen LogP contribution >= 0.6 is 15.9 Å². The number of nitrogens with zero attached hydrogens (tertiary/aromatic N) is 1. The van der Waals surface area contributed by atoms with E-state index in [2.05, 4.69) is 89.0 Å². The van der Waals surface area contributed by atoms with Crippen LogP contribution in [0.25, 0.3) is 0 Å². The zero-order chi connectivity index (χ0) is 18.4. The molecule has 1 aromatic carbocycles. The van der Waals surface area contributed by atoms with E-state index in [4.69, 9.17) is 0 Å². The van der Waals surface area contributed by atoms with Gasteiger partial charge in [-0.3, -0.25) is 15.1 Å².